The van der Waals surface area contributed by atoms with E-state index in [1.807, 2.05) is 31.3 Å². The Morgan fingerprint density at radius 2 is 1.88 bits per heavy atom. The summed E-state index contributed by atoms with van der Waals surface area (Å²) in [4.78, 5) is 16.8. The molecule has 2 aromatic heterocycles. The zero-order chi connectivity index (χ0) is 17.4. The second kappa shape index (κ2) is 6.46. The summed E-state index contributed by atoms with van der Waals surface area (Å²) in [6.07, 6.45) is 3.19. The Balaban J connectivity index is 1.91. The first-order valence-corrected chi connectivity index (χ1v) is 8.34. The minimum atomic E-state index is -0.313. The molecule has 2 heterocycles. The van der Waals surface area contributed by atoms with Gasteiger partial charge in [0.2, 0.25) is 0 Å². The first-order valence-electron chi connectivity index (χ1n) is 7.59. The predicted octanol–water partition coefficient (Wildman–Crippen LogP) is 5.26. The van der Waals surface area contributed by atoms with Crippen LogP contribution < -0.4 is 5.32 Å². The molecule has 0 aliphatic carbocycles. The molecular weight excluding hydrogens is 345 g/mol. The number of aryl methyl sites for hydroxylation is 1. The highest BCUT2D eigenvalue weighted by molar-refractivity contribution is 6.44. The number of benzene rings is 1. The number of carbonyl (C=O) groups excluding carboxylic acids is 1. The van der Waals surface area contributed by atoms with E-state index in [2.05, 4.69) is 24.1 Å². The van der Waals surface area contributed by atoms with E-state index in [0.29, 0.717) is 38.2 Å². The Morgan fingerprint density at radius 1 is 1.21 bits per heavy atom. The maximum absolute atomic E-state index is 12.5. The molecule has 6 heteroatoms. The lowest BCUT2D eigenvalue weighted by Gasteiger charge is -2.10. The van der Waals surface area contributed by atoms with Crippen molar-refractivity contribution in [2.24, 2.45) is 7.05 Å². The van der Waals surface area contributed by atoms with Crippen molar-refractivity contribution in [2.75, 3.05) is 5.32 Å². The van der Waals surface area contributed by atoms with E-state index >= 15 is 0 Å². The summed E-state index contributed by atoms with van der Waals surface area (Å²) in [5, 5.41) is 4.21. The molecule has 0 unspecified atom stereocenters. The van der Waals surface area contributed by atoms with Crippen LogP contribution in [0.1, 0.15) is 35.7 Å². The molecule has 124 valence electrons. The van der Waals surface area contributed by atoms with Crippen molar-refractivity contribution in [1.82, 2.24) is 9.55 Å². The lowest BCUT2D eigenvalue weighted by Crippen LogP contribution is -2.13. The van der Waals surface area contributed by atoms with Gasteiger partial charge in [0.15, 0.2) is 0 Å². The van der Waals surface area contributed by atoms with Crippen molar-refractivity contribution in [3.05, 3.63) is 57.8 Å². The molecule has 0 aliphatic heterocycles. The Hall–Kier alpha value is -2.04. The number of hydrogen-bond donors (Lipinski definition) is 1. The number of aromatic nitrogens is 2. The summed E-state index contributed by atoms with van der Waals surface area (Å²) >= 11 is 12.6. The van der Waals surface area contributed by atoms with Crippen LogP contribution in [0.3, 0.4) is 0 Å². The van der Waals surface area contributed by atoms with Crippen molar-refractivity contribution >= 4 is 45.8 Å². The number of nitrogens with one attached hydrogen (secondary N) is 1. The summed E-state index contributed by atoms with van der Waals surface area (Å²) in [6.45, 7) is 4.25. The van der Waals surface area contributed by atoms with E-state index in [0.717, 1.165) is 0 Å². The molecule has 0 atom stereocenters. The lowest BCUT2D eigenvalue weighted by molar-refractivity contribution is 0.102. The van der Waals surface area contributed by atoms with Crippen LogP contribution in [0, 0.1) is 0 Å². The molecule has 1 aromatic carbocycles. The number of carbonyl (C=O) groups is 1. The molecule has 0 radical (unpaired) electrons. The minimum absolute atomic E-state index is 0.296. The third kappa shape index (κ3) is 2.99. The fraction of sp³-hybridized carbons (Fsp3) is 0.222. The summed E-state index contributed by atoms with van der Waals surface area (Å²) in [5.74, 6) is 0.127. The monoisotopic (exact) mass is 361 g/mol. The van der Waals surface area contributed by atoms with E-state index in [-0.39, 0.29) is 5.91 Å². The summed E-state index contributed by atoms with van der Waals surface area (Å²) in [7, 11) is 1.83. The number of hydrogen-bond acceptors (Lipinski definition) is 2. The molecule has 0 saturated heterocycles. The Morgan fingerprint density at radius 3 is 2.50 bits per heavy atom. The number of rotatable bonds is 3. The molecule has 1 N–H and O–H groups in total. The zero-order valence-corrected chi connectivity index (χ0v) is 15.1. The number of anilines is 1. The predicted molar refractivity (Wildman–Crippen MR) is 99.2 cm³/mol. The van der Waals surface area contributed by atoms with Gasteiger partial charge in [-0.05, 0) is 23.6 Å². The summed E-state index contributed by atoms with van der Waals surface area (Å²) in [5.41, 5.74) is 2.86. The fourth-order valence-electron chi connectivity index (χ4n) is 2.56. The van der Waals surface area contributed by atoms with Crippen LogP contribution in [0.25, 0.3) is 11.0 Å². The van der Waals surface area contributed by atoms with Gasteiger partial charge >= 0.3 is 0 Å². The second-order valence-corrected chi connectivity index (χ2v) is 6.79. The largest absolute Gasteiger partial charge is 0.334 e. The van der Waals surface area contributed by atoms with Crippen molar-refractivity contribution in [3.63, 3.8) is 0 Å². The van der Waals surface area contributed by atoms with Crippen molar-refractivity contribution in [2.45, 2.75) is 19.8 Å². The smallest absolute Gasteiger partial charge is 0.258 e. The number of halogens is 2. The quantitative estimate of drug-likeness (QED) is 0.691. The molecule has 24 heavy (non-hydrogen) atoms. The number of pyridine rings is 1. The third-order valence-electron chi connectivity index (χ3n) is 3.96. The van der Waals surface area contributed by atoms with Crippen LogP contribution >= 0.6 is 23.2 Å². The first kappa shape index (κ1) is 16.8. The van der Waals surface area contributed by atoms with Crippen molar-refractivity contribution < 1.29 is 4.79 Å². The summed E-state index contributed by atoms with van der Waals surface area (Å²) < 4.78 is 1.77. The molecular formula is C18H17Cl2N3O. The van der Waals surface area contributed by atoms with Crippen LogP contribution in [0.5, 0.6) is 0 Å². The van der Waals surface area contributed by atoms with E-state index in [1.165, 1.54) is 11.8 Å². The Labute approximate surface area is 150 Å². The molecule has 4 nitrogen and oxygen atoms in total. The van der Waals surface area contributed by atoms with Gasteiger partial charge in [-0.15, -0.1) is 0 Å². The lowest BCUT2D eigenvalue weighted by atomic mass is 10.0. The maximum Gasteiger partial charge on any atom is 0.258 e. The standard InChI is InChI=1S/C18H17Cl2N3O/c1-10(2)11-4-6-12(7-5-11)22-18(24)13-8-21-17-15(16(13)20)14(19)9-23(17)3/h4-10H,1-3H3,(H,22,24). The van der Waals surface area contributed by atoms with E-state index in [9.17, 15) is 4.79 Å². The van der Waals surface area contributed by atoms with Gasteiger partial charge in [0.25, 0.3) is 5.91 Å². The highest BCUT2D eigenvalue weighted by Crippen LogP contribution is 2.33. The van der Waals surface area contributed by atoms with Crippen LogP contribution in [0.4, 0.5) is 5.69 Å². The molecule has 0 bridgehead atoms. The Bertz CT molecular complexity index is 914. The number of nitrogens with zero attached hydrogens (tertiary/aromatic N) is 2. The van der Waals surface area contributed by atoms with Gasteiger partial charge in [0.1, 0.15) is 5.65 Å². The van der Waals surface area contributed by atoms with Gasteiger partial charge in [0, 0.05) is 25.1 Å². The molecule has 0 fully saturated rings. The van der Waals surface area contributed by atoms with Crippen LogP contribution in [-0.4, -0.2) is 15.5 Å². The minimum Gasteiger partial charge on any atom is -0.334 e. The Kier molecular flexibility index (Phi) is 4.52. The van der Waals surface area contributed by atoms with Gasteiger partial charge < -0.3 is 9.88 Å². The number of fused-ring (bicyclic) bond motifs is 1. The average Bonchev–Trinajstić information content (AvgIpc) is 2.83. The third-order valence-corrected chi connectivity index (χ3v) is 4.63. The molecule has 3 aromatic rings. The average molecular weight is 362 g/mol. The molecule has 1 amide bonds. The highest BCUT2D eigenvalue weighted by atomic mass is 35.5. The van der Waals surface area contributed by atoms with Crippen molar-refractivity contribution in [3.8, 4) is 0 Å². The normalized spacial score (nSPS) is 11.2. The zero-order valence-electron chi connectivity index (χ0n) is 13.6. The van der Waals surface area contributed by atoms with Crippen LogP contribution in [-0.2, 0) is 7.05 Å². The van der Waals surface area contributed by atoms with Gasteiger partial charge in [0.05, 0.1) is 21.0 Å². The second-order valence-electron chi connectivity index (χ2n) is 6.00. The molecule has 0 spiro atoms. The topological polar surface area (TPSA) is 46.9 Å². The number of amides is 1. The molecule has 0 saturated carbocycles. The van der Waals surface area contributed by atoms with Gasteiger partial charge in [-0.25, -0.2) is 4.98 Å². The highest BCUT2D eigenvalue weighted by Gasteiger charge is 2.18. The van der Waals surface area contributed by atoms with Gasteiger partial charge in [-0.3, -0.25) is 4.79 Å². The van der Waals surface area contributed by atoms with Gasteiger partial charge in [-0.1, -0.05) is 49.2 Å². The maximum atomic E-state index is 12.5. The van der Waals surface area contributed by atoms with E-state index in [4.69, 9.17) is 23.2 Å². The van der Waals surface area contributed by atoms with Crippen molar-refractivity contribution in [1.29, 1.82) is 0 Å². The molecule has 3 rings (SSSR count). The molecule has 0 aliphatic rings. The van der Waals surface area contributed by atoms with Gasteiger partial charge in [-0.2, -0.15) is 0 Å². The first-order chi connectivity index (χ1) is 11.4. The summed E-state index contributed by atoms with van der Waals surface area (Å²) in [6, 6.07) is 7.75. The SMILES string of the molecule is CC(C)c1ccc(NC(=O)c2cnc3c(c(Cl)cn3C)c2Cl)cc1. The van der Waals surface area contributed by atoms with Crippen LogP contribution in [0.2, 0.25) is 10.0 Å². The van der Waals surface area contributed by atoms with E-state index < -0.39 is 0 Å². The van der Waals surface area contributed by atoms with E-state index in [1.54, 1.807) is 10.8 Å². The fourth-order valence-corrected chi connectivity index (χ4v) is 3.26. The van der Waals surface area contributed by atoms with Crippen LogP contribution in [0.15, 0.2) is 36.7 Å².